The van der Waals surface area contributed by atoms with Crippen molar-refractivity contribution < 1.29 is 14.2 Å². The number of hydrogen-bond acceptors (Lipinski definition) is 5. The molecule has 0 spiro atoms. The molecule has 0 N–H and O–H groups in total. The third-order valence-corrected chi connectivity index (χ3v) is 2.96. The van der Waals surface area contributed by atoms with Crippen molar-refractivity contribution in [3.8, 4) is 11.5 Å². The summed E-state index contributed by atoms with van der Waals surface area (Å²) in [6, 6.07) is 5.63. The molecule has 0 heterocycles. The maximum Gasteiger partial charge on any atom is 0.224 e. The van der Waals surface area contributed by atoms with E-state index in [0.717, 1.165) is 4.90 Å². The summed E-state index contributed by atoms with van der Waals surface area (Å²) in [6.07, 6.45) is 0. The van der Waals surface area contributed by atoms with Crippen molar-refractivity contribution in [3.05, 3.63) is 18.2 Å². The van der Waals surface area contributed by atoms with Crippen molar-refractivity contribution in [3.63, 3.8) is 0 Å². The molecular weight excluding hydrogens is 244 g/mol. The second-order valence-electron chi connectivity index (χ2n) is 2.80. The van der Waals surface area contributed by atoms with Crippen LogP contribution in [0, 0.1) is 0 Å². The van der Waals surface area contributed by atoms with E-state index in [1.165, 1.54) is 11.8 Å². The number of hydrogen-bond donors (Lipinski definition) is 0. The van der Waals surface area contributed by atoms with Gasteiger partial charge in [-0.15, -0.1) is 0 Å². The number of rotatable bonds is 4. The smallest absolute Gasteiger partial charge is 0.224 e. The predicted octanol–water partition coefficient (Wildman–Crippen LogP) is 3.12. The minimum Gasteiger partial charge on any atom is -0.493 e. The third kappa shape index (κ3) is 3.57. The van der Waals surface area contributed by atoms with Crippen LogP contribution in [0.15, 0.2) is 23.1 Å². The van der Waals surface area contributed by atoms with E-state index in [0.29, 0.717) is 22.5 Å². The highest BCUT2D eigenvalue weighted by atomic mass is 32.2. The molecule has 3 nitrogen and oxygen atoms in total. The summed E-state index contributed by atoms with van der Waals surface area (Å²) in [5.41, 5.74) is 0. The Morgan fingerprint density at radius 1 is 1.25 bits per heavy atom. The molecule has 0 saturated heterocycles. The third-order valence-electron chi connectivity index (χ3n) is 1.82. The fourth-order valence-corrected chi connectivity index (χ4v) is 2.20. The largest absolute Gasteiger partial charge is 0.493 e. The highest BCUT2D eigenvalue weighted by molar-refractivity contribution is 8.22. The first-order valence-corrected chi connectivity index (χ1v) is 6.00. The number of benzene rings is 1. The van der Waals surface area contributed by atoms with Gasteiger partial charge in [0.15, 0.2) is 11.5 Å². The van der Waals surface area contributed by atoms with Gasteiger partial charge >= 0.3 is 0 Å². The molecular formula is C11H14O3S2. The Kier molecular flexibility index (Phi) is 5.42. The monoisotopic (exact) mass is 258 g/mol. The Hall–Kier alpha value is -0.940. The standard InChI is InChI=1S/C11H14O3S2/c1-4-14-11(15)16-8-5-6-9(12-2)10(7-8)13-3/h5-7H,4H2,1-3H3. The first-order chi connectivity index (χ1) is 7.71. The van der Waals surface area contributed by atoms with Crippen LogP contribution in [0.1, 0.15) is 6.92 Å². The van der Waals surface area contributed by atoms with E-state index in [1.807, 2.05) is 25.1 Å². The molecule has 0 aliphatic rings. The number of methoxy groups -OCH3 is 2. The molecule has 88 valence electrons. The van der Waals surface area contributed by atoms with E-state index in [1.54, 1.807) is 14.2 Å². The summed E-state index contributed by atoms with van der Waals surface area (Å²) in [4.78, 5) is 0.969. The summed E-state index contributed by atoms with van der Waals surface area (Å²) in [7, 11) is 3.21. The van der Waals surface area contributed by atoms with E-state index in [9.17, 15) is 0 Å². The zero-order chi connectivity index (χ0) is 12.0. The Bertz CT molecular complexity index is 366. The molecule has 0 atom stereocenters. The molecule has 0 unspecified atom stereocenters. The normalized spacial score (nSPS) is 9.69. The second-order valence-corrected chi connectivity index (χ2v) is 4.48. The van der Waals surface area contributed by atoms with Gasteiger partial charge in [-0.25, -0.2) is 0 Å². The fourth-order valence-electron chi connectivity index (χ4n) is 1.12. The Morgan fingerprint density at radius 2 is 1.94 bits per heavy atom. The van der Waals surface area contributed by atoms with Crippen molar-refractivity contribution in [2.24, 2.45) is 0 Å². The molecule has 1 aromatic rings. The molecule has 0 saturated carbocycles. The van der Waals surface area contributed by atoms with Gasteiger partial charge in [0.05, 0.1) is 20.8 Å². The van der Waals surface area contributed by atoms with Crippen LogP contribution in [-0.4, -0.2) is 25.2 Å². The fraction of sp³-hybridized carbons (Fsp3) is 0.364. The van der Waals surface area contributed by atoms with Crippen LogP contribution < -0.4 is 9.47 Å². The van der Waals surface area contributed by atoms with Gasteiger partial charge in [0.25, 0.3) is 0 Å². The van der Waals surface area contributed by atoms with E-state index < -0.39 is 0 Å². The van der Waals surface area contributed by atoms with Gasteiger partial charge in [0.1, 0.15) is 0 Å². The van der Waals surface area contributed by atoms with E-state index in [4.69, 9.17) is 26.4 Å². The summed E-state index contributed by atoms with van der Waals surface area (Å²) in [6.45, 7) is 2.49. The molecule has 0 aliphatic carbocycles. The molecule has 0 radical (unpaired) electrons. The van der Waals surface area contributed by atoms with Crippen molar-refractivity contribution in [1.82, 2.24) is 0 Å². The lowest BCUT2D eigenvalue weighted by Gasteiger charge is -2.09. The van der Waals surface area contributed by atoms with Gasteiger partial charge in [0.2, 0.25) is 4.38 Å². The Balaban J connectivity index is 2.78. The lowest BCUT2D eigenvalue weighted by Crippen LogP contribution is -1.96. The topological polar surface area (TPSA) is 27.7 Å². The SMILES string of the molecule is CCOC(=S)Sc1ccc(OC)c(OC)c1. The molecule has 1 aromatic carbocycles. The number of thiocarbonyl (C=S) groups is 1. The van der Waals surface area contributed by atoms with Crippen LogP contribution in [-0.2, 0) is 4.74 Å². The van der Waals surface area contributed by atoms with Crippen molar-refractivity contribution >= 4 is 28.4 Å². The van der Waals surface area contributed by atoms with E-state index >= 15 is 0 Å². The molecule has 1 rings (SSSR count). The summed E-state index contributed by atoms with van der Waals surface area (Å²) in [5, 5.41) is 0. The highest BCUT2D eigenvalue weighted by Crippen LogP contribution is 2.32. The lowest BCUT2D eigenvalue weighted by atomic mass is 10.3. The van der Waals surface area contributed by atoms with Crippen molar-refractivity contribution in [2.75, 3.05) is 20.8 Å². The minimum absolute atomic E-state index is 0.509. The van der Waals surface area contributed by atoms with Gasteiger partial charge in [-0.3, -0.25) is 0 Å². The molecule has 0 aromatic heterocycles. The number of ether oxygens (including phenoxy) is 3. The summed E-state index contributed by atoms with van der Waals surface area (Å²) in [5.74, 6) is 1.39. The van der Waals surface area contributed by atoms with Gasteiger partial charge in [-0.05, 0) is 49.1 Å². The molecule has 0 bridgehead atoms. The maximum absolute atomic E-state index is 5.20. The zero-order valence-electron chi connectivity index (χ0n) is 9.48. The van der Waals surface area contributed by atoms with Crippen LogP contribution in [0.4, 0.5) is 0 Å². The van der Waals surface area contributed by atoms with Crippen LogP contribution >= 0.6 is 24.0 Å². The van der Waals surface area contributed by atoms with Crippen LogP contribution in [0.5, 0.6) is 11.5 Å². The van der Waals surface area contributed by atoms with Crippen LogP contribution in [0.25, 0.3) is 0 Å². The quantitative estimate of drug-likeness (QED) is 0.611. The summed E-state index contributed by atoms with van der Waals surface area (Å²) < 4.78 is 16.0. The van der Waals surface area contributed by atoms with Gasteiger partial charge < -0.3 is 14.2 Å². The lowest BCUT2D eigenvalue weighted by molar-refractivity contribution is 0.346. The van der Waals surface area contributed by atoms with Gasteiger partial charge in [-0.2, -0.15) is 0 Å². The Labute approximate surface area is 105 Å². The first kappa shape index (κ1) is 13.1. The van der Waals surface area contributed by atoms with E-state index in [-0.39, 0.29) is 0 Å². The second kappa shape index (κ2) is 6.60. The molecule has 5 heteroatoms. The Morgan fingerprint density at radius 3 is 2.50 bits per heavy atom. The molecule has 0 aliphatic heterocycles. The zero-order valence-corrected chi connectivity index (χ0v) is 11.1. The minimum atomic E-state index is 0.509. The predicted molar refractivity (Wildman–Crippen MR) is 69.6 cm³/mol. The van der Waals surface area contributed by atoms with Crippen molar-refractivity contribution in [1.29, 1.82) is 0 Å². The number of thioether (sulfide) groups is 1. The van der Waals surface area contributed by atoms with Gasteiger partial charge in [0, 0.05) is 4.90 Å². The molecule has 16 heavy (non-hydrogen) atoms. The highest BCUT2D eigenvalue weighted by Gasteiger charge is 2.07. The van der Waals surface area contributed by atoms with Crippen molar-refractivity contribution in [2.45, 2.75) is 11.8 Å². The van der Waals surface area contributed by atoms with Crippen LogP contribution in [0.2, 0.25) is 0 Å². The average molecular weight is 258 g/mol. The average Bonchev–Trinajstić information content (AvgIpc) is 2.29. The van der Waals surface area contributed by atoms with Crippen LogP contribution in [0.3, 0.4) is 0 Å². The van der Waals surface area contributed by atoms with Gasteiger partial charge in [-0.1, -0.05) is 0 Å². The summed E-state index contributed by atoms with van der Waals surface area (Å²) >= 11 is 6.44. The first-order valence-electron chi connectivity index (χ1n) is 4.78. The molecule has 0 amide bonds. The van der Waals surface area contributed by atoms with E-state index in [2.05, 4.69) is 0 Å². The maximum atomic E-state index is 5.20. The molecule has 0 fully saturated rings.